The van der Waals surface area contributed by atoms with Gasteiger partial charge in [0.1, 0.15) is 23.2 Å². The largest absolute Gasteiger partial charge is 0.497 e. The Bertz CT molecular complexity index is 877. The van der Waals surface area contributed by atoms with E-state index < -0.39 is 5.91 Å². The summed E-state index contributed by atoms with van der Waals surface area (Å²) in [5.74, 6) is 0.773. The van der Waals surface area contributed by atoms with Gasteiger partial charge in [0.2, 0.25) is 0 Å². The van der Waals surface area contributed by atoms with Gasteiger partial charge >= 0.3 is 0 Å². The normalized spacial score (nSPS) is 15.0. The first-order chi connectivity index (χ1) is 12.1. The number of hydrogen-bond donors (Lipinski definition) is 1. The second-order valence-electron chi connectivity index (χ2n) is 6.04. The molecule has 0 atom stereocenters. The van der Waals surface area contributed by atoms with Gasteiger partial charge in [-0.2, -0.15) is 5.26 Å². The molecule has 0 unspecified atom stereocenters. The Hall–Kier alpha value is -3.07. The highest BCUT2D eigenvalue weighted by molar-refractivity contribution is 6.01. The first-order valence-electron chi connectivity index (χ1n) is 8.27. The molecule has 0 spiro atoms. The molecule has 1 aliphatic rings. The van der Waals surface area contributed by atoms with Crippen LogP contribution < -0.4 is 15.4 Å². The van der Waals surface area contributed by atoms with Crippen LogP contribution in [0.5, 0.6) is 5.75 Å². The van der Waals surface area contributed by atoms with Gasteiger partial charge in [-0.25, -0.2) is 4.98 Å². The summed E-state index contributed by atoms with van der Waals surface area (Å²) in [6, 6.07) is 9.46. The molecule has 2 aromatic rings. The summed E-state index contributed by atoms with van der Waals surface area (Å²) in [6.07, 6.45) is 4.94. The number of rotatable bonds is 4. The zero-order valence-electron chi connectivity index (χ0n) is 14.2. The van der Waals surface area contributed by atoms with Crippen LogP contribution in [0.4, 0.5) is 5.82 Å². The third-order valence-electron chi connectivity index (χ3n) is 4.37. The van der Waals surface area contributed by atoms with E-state index in [1.165, 1.54) is 12.5 Å². The predicted molar refractivity (Wildman–Crippen MR) is 97.1 cm³/mol. The summed E-state index contributed by atoms with van der Waals surface area (Å²) in [7, 11) is 1.61. The minimum absolute atomic E-state index is 0.0812. The number of primary amides is 1. The van der Waals surface area contributed by atoms with Crippen molar-refractivity contribution in [2.75, 3.05) is 25.1 Å². The quantitative estimate of drug-likeness (QED) is 0.684. The number of pyridine rings is 1. The van der Waals surface area contributed by atoms with Gasteiger partial charge < -0.3 is 15.4 Å². The lowest BCUT2D eigenvalue weighted by Crippen LogP contribution is -2.30. The Morgan fingerprint density at radius 1 is 1.32 bits per heavy atom. The second kappa shape index (κ2) is 7.22. The number of aromatic nitrogens is 1. The van der Waals surface area contributed by atoms with Crippen LogP contribution in [0.25, 0.3) is 17.0 Å². The highest BCUT2D eigenvalue weighted by atomic mass is 16.5. The molecule has 1 fully saturated rings. The van der Waals surface area contributed by atoms with E-state index in [1.54, 1.807) is 7.11 Å². The minimum Gasteiger partial charge on any atom is -0.497 e. The molecule has 0 saturated carbocycles. The predicted octanol–water partition coefficient (Wildman–Crippen LogP) is 2.63. The topological polar surface area (TPSA) is 92.2 Å². The number of piperidine rings is 1. The van der Waals surface area contributed by atoms with Gasteiger partial charge in [0.15, 0.2) is 0 Å². The Morgan fingerprint density at radius 3 is 2.72 bits per heavy atom. The van der Waals surface area contributed by atoms with E-state index in [0.717, 1.165) is 54.0 Å². The van der Waals surface area contributed by atoms with E-state index >= 15 is 0 Å². The summed E-state index contributed by atoms with van der Waals surface area (Å²) in [5.41, 5.74) is 6.78. The summed E-state index contributed by atoms with van der Waals surface area (Å²) in [5, 5.41) is 10.1. The SMILES string of the molecule is COc1ccc2nc(N3CCCCC3)c(C=C(C#N)C(N)=O)cc2c1. The molecule has 0 aliphatic carbocycles. The summed E-state index contributed by atoms with van der Waals surface area (Å²) < 4.78 is 5.27. The van der Waals surface area contributed by atoms with Crippen molar-refractivity contribution < 1.29 is 9.53 Å². The van der Waals surface area contributed by atoms with Gasteiger partial charge in [-0.3, -0.25) is 4.79 Å². The van der Waals surface area contributed by atoms with Crippen molar-refractivity contribution in [1.82, 2.24) is 4.98 Å². The summed E-state index contributed by atoms with van der Waals surface area (Å²) in [6.45, 7) is 1.82. The van der Waals surface area contributed by atoms with Crippen LogP contribution in [0.15, 0.2) is 29.8 Å². The van der Waals surface area contributed by atoms with Crippen molar-refractivity contribution in [3.05, 3.63) is 35.4 Å². The molecule has 0 radical (unpaired) electrons. The van der Waals surface area contributed by atoms with E-state index in [9.17, 15) is 10.1 Å². The number of fused-ring (bicyclic) bond motifs is 1. The number of amides is 1. The smallest absolute Gasteiger partial charge is 0.259 e. The zero-order valence-corrected chi connectivity index (χ0v) is 14.2. The molecule has 2 N–H and O–H groups in total. The van der Waals surface area contributed by atoms with Crippen molar-refractivity contribution in [2.24, 2.45) is 5.73 Å². The van der Waals surface area contributed by atoms with Crippen LogP contribution in [-0.2, 0) is 4.79 Å². The number of carbonyl (C=O) groups excluding carboxylic acids is 1. The number of nitriles is 1. The van der Waals surface area contributed by atoms with Crippen molar-refractivity contribution in [3.63, 3.8) is 0 Å². The first kappa shape index (κ1) is 16.8. The Kier molecular flexibility index (Phi) is 4.85. The average Bonchev–Trinajstić information content (AvgIpc) is 2.65. The minimum atomic E-state index is -0.738. The average molecular weight is 336 g/mol. The lowest BCUT2D eigenvalue weighted by atomic mass is 10.1. The third-order valence-corrected chi connectivity index (χ3v) is 4.37. The lowest BCUT2D eigenvalue weighted by molar-refractivity contribution is -0.114. The highest BCUT2D eigenvalue weighted by Crippen LogP contribution is 2.29. The molecule has 2 heterocycles. The molecule has 1 aromatic carbocycles. The first-order valence-corrected chi connectivity index (χ1v) is 8.27. The van der Waals surface area contributed by atoms with E-state index in [4.69, 9.17) is 15.5 Å². The maximum atomic E-state index is 11.5. The van der Waals surface area contributed by atoms with Crippen LogP contribution in [0, 0.1) is 11.3 Å². The fourth-order valence-electron chi connectivity index (χ4n) is 3.07. The Morgan fingerprint density at radius 2 is 2.08 bits per heavy atom. The molecule has 1 saturated heterocycles. The number of anilines is 1. The fourth-order valence-corrected chi connectivity index (χ4v) is 3.07. The number of benzene rings is 1. The zero-order chi connectivity index (χ0) is 17.8. The van der Waals surface area contributed by atoms with Gasteiger partial charge in [-0.05, 0) is 49.6 Å². The van der Waals surface area contributed by atoms with Gasteiger partial charge in [0.25, 0.3) is 5.91 Å². The number of hydrogen-bond acceptors (Lipinski definition) is 5. The summed E-state index contributed by atoms with van der Waals surface area (Å²) in [4.78, 5) is 18.5. The molecule has 0 bridgehead atoms. The van der Waals surface area contributed by atoms with Gasteiger partial charge in [0.05, 0.1) is 12.6 Å². The molecule has 3 rings (SSSR count). The molecule has 128 valence electrons. The van der Waals surface area contributed by atoms with E-state index in [-0.39, 0.29) is 5.57 Å². The van der Waals surface area contributed by atoms with Crippen molar-refractivity contribution >= 4 is 28.7 Å². The van der Waals surface area contributed by atoms with Crippen LogP contribution >= 0.6 is 0 Å². The van der Waals surface area contributed by atoms with E-state index in [1.807, 2.05) is 30.3 Å². The molecule has 6 nitrogen and oxygen atoms in total. The molecule has 1 aromatic heterocycles. The van der Waals surface area contributed by atoms with Gasteiger partial charge in [-0.15, -0.1) is 0 Å². The Balaban J connectivity index is 2.18. The highest BCUT2D eigenvalue weighted by Gasteiger charge is 2.17. The maximum absolute atomic E-state index is 11.5. The van der Waals surface area contributed by atoms with E-state index in [2.05, 4.69) is 4.90 Å². The monoisotopic (exact) mass is 336 g/mol. The Labute approximate surface area is 146 Å². The number of nitrogens with two attached hydrogens (primary N) is 1. The number of carbonyl (C=O) groups is 1. The van der Waals surface area contributed by atoms with Crippen molar-refractivity contribution in [3.8, 4) is 11.8 Å². The fraction of sp³-hybridized carbons (Fsp3) is 0.316. The summed E-state index contributed by atoms with van der Waals surface area (Å²) >= 11 is 0. The lowest BCUT2D eigenvalue weighted by Gasteiger charge is -2.29. The van der Waals surface area contributed by atoms with Crippen LogP contribution in [0.2, 0.25) is 0 Å². The van der Waals surface area contributed by atoms with Gasteiger partial charge in [0, 0.05) is 24.0 Å². The maximum Gasteiger partial charge on any atom is 0.259 e. The number of nitrogens with zero attached hydrogens (tertiary/aromatic N) is 3. The molecule has 25 heavy (non-hydrogen) atoms. The van der Waals surface area contributed by atoms with Crippen LogP contribution in [-0.4, -0.2) is 31.1 Å². The van der Waals surface area contributed by atoms with Crippen molar-refractivity contribution in [1.29, 1.82) is 5.26 Å². The molecular weight excluding hydrogens is 316 g/mol. The number of methoxy groups -OCH3 is 1. The standard InChI is InChI=1S/C19H20N4O2/c1-25-16-5-6-17-13(11-16)9-14(10-15(12-20)18(21)24)19(22-17)23-7-3-2-4-8-23/h5-6,9-11H,2-4,7-8H2,1H3,(H2,21,24). The molecule has 1 aliphatic heterocycles. The van der Waals surface area contributed by atoms with Crippen LogP contribution in [0.3, 0.4) is 0 Å². The third kappa shape index (κ3) is 3.56. The molecular formula is C19H20N4O2. The molecule has 1 amide bonds. The second-order valence-corrected chi connectivity index (χ2v) is 6.04. The van der Waals surface area contributed by atoms with Crippen LogP contribution in [0.1, 0.15) is 24.8 Å². The van der Waals surface area contributed by atoms with E-state index in [0.29, 0.717) is 0 Å². The number of ether oxygens (including phenoxy) is 1. The van der Waals surface area contributed by atoms with Gasteiger partial charge in [-0.1, -0.05) is 0 Å². The van der Waals surface area contributed by atoms with Crippen molar-refractivity contribution in [2.45, 2.75) is 19.3 Å². The molecule has 6 heteroatoms.